The number of benzene rings is 2. The predicted octanol–water partition coefficient (Wildman–Crippen LogP) is 4.80. The van der Waals surface area contributed by atoms with Crippen LogP contribution in [0.3, 0.4) is 0 Å². The number of anilines is 1. The number of rotatable bonds is 7. The average molecular weight is 413 g/mol. The third-order valence-electron chi connectivity index (χ3n) is 5.38. The molecule has 1 heterocycles. The summed E-state index contributed by atoms with van der Waals surface area (Å²) in [5.41, 5.74) is 3.01. The number of carbonyl (C=O) groups excluding carboxylic acids is 1. The van der Waals surface area contributed by atoms with Gasteiger partial charge in [0.15, 0.2) is 0 Å². The molecule has 29 heavy (non-hydrogen) atoms. The SMILES string of the molecule is CCC(CC)C1N=C(c2ccccc2)c2cc(Cl)ccc2N(CCC(=O)O)C1=O. The van der Waals surface area contributed by atoms with Crippen LogP contribution in [-0.2, 0) is 9.59 Å². The summed E-state index contributed by atoms with van der Waals surface area (Å²) in [6.45, 7) is 4.20. The number of benzodiazepines with no additional fused rings is 1. The molecule has 0 aromatic heterocycles. The van der Waals surface area contributed by atoms with Crippen LogP contribution in [0.15, 0.2) is 53.5 Å². The number of carboxylic acid groups (broad SMARTS) is 1. The fourth-order valence-electron chi connectivity index (χ4n) is 3.78. The van der Waals surface area contributed by atoms with E-state index in [1.54, 1.807) is 23.1 Å². The molecular formula is C23H25ClN2O3. The summed E-state index contributed by atoms with van der Waals surface area (Å²) in [6.07, 6.45) is 1.48. The maximum absolute atomic E-state index is 13.5. The number of aliphatic imine (C=N–C) groups is 1. The first-order valence-corrected chi connectivity index (χ1v) is 10.3. The third-order valence-corrected chi connectivity index (χ3v) is 5.62. The van der Waals surface area contributed by atoms with E-state index in [2.05, 4.69) is 13.8 Å². The lowest BCUT2D eigenvalue weighted by atomic mass is 9.93. The summed E-state index contributed by atoms with van der Waals surface area (Å²) < 4.78 is 0. The Bertz CT molecular complexity index is 923. The van der Waals surface area contributed by atoms with Crippen molar-refractivity contribution < 1.29 is 14.7 Å². The fourth-order valence-corrected chi connectivity index (χ4v) is 3.95. The molecule has 6 heteroatoms. The summed E-state index contributed by atoms with van der Waals surface area (Å²) >= 11 is 6.30. The Balaban J connectivity index is 2.23. The van der Waals surface area contributed by atoms with E-state index in [1.807, 2.05) is 30.3 Å². The molecule has 1 aliphatic heterocycles. The molecule has 0 aliphatic carbocycles. The molecule has 1 N–H and O–H groups in total. The fraction of sp³-hybridized carbons (Fsp3) is 0.348. The quantitative estimate of drug-likeness (QED) is 0.709. The molecule has 0 saturated carbocycles. The maximum Gasteiger partial charge on any atom is 0.305 e. The van der Waals surface area contributed by atoms with Gasteiger partial charge < -0.3 is 10.0 Å². The Morgan fingerprint density at radius 3 is 2.48 bits per heavy atom. The molecule has 1 unspecified atom stereocenters. The van der Waals surface area contributed by atoms with Gasteiger partial charge in [-0.25, -0.2) is 0 Å². The van der Waals surface area contributed by atoms with Crippen LogP contribution in [0.25, 0.3) is 0 Å². The summed E-state index contributed by atoms with van der Waals surface area (Å²) in [6, 6.07) is 14.5. The number of carbonyl (C=O) groups is 2. The Morgan fingerprint density at radius 2 is 1.86 bits per heavy atom. The van der Waals surface area contributed by atoms with Crippen LogP contribution < -0.4 is 4.90 Å². The number of carboxylic acids is 1. The standard InChI is InChI=1S/C23H25ClN2O3/c1-3-15(4-2)22-23(29)26(13-12-20(27)28)19-11-10-17(24)14-18(19)21(25-22)16-8-6-5-7-9-16/h5-11,14-15,22H,3-4,12-13H2,1-2H3,(H,27,28). The molecule has 0 radical (unpaired) electrons. The maximum atomic E-state index is 13.5. The molecule has 0 fully saturated rings. The largest absolute Gasteiger partial charge is 0.481 e. The molecule has 1 amide bonds. The number of halogens is 1. The van der Waals surface area contributed by atoms with Crippen molar-refractivity contribution in [3.8, 4) is 0 Å². The van der Waals surface area contributed by atoms with E-state index in [0.29, 0.717) is 16.4 Å². The smallest absolute Gasteiger partial charge is 0.305 e. The van der Waals surface area contributed by atoms with Crippen molar-refractivity contribution in [1.82, 2.24) is 0 Å². The van der Waals surface area contributed by atoms with Gasteiger partial charge in [-0.1, -0.05) is 68.6 Å². The average Bonchev–Trinajstić information content (AvgIpc) is 2.83. The van der Waals surface area contributed by atoms with Crippen molar-refractivity contribution in [2.45, 2.75) is 39.2 Å². The van der Waals surface area contributed by atoms with E-state index in [9.17, 15) is 14.7 Å². The lowest BCUT2D eigenvalue weighted by Crippen LogP contribution is -2.42. The summed E-state index contributed by atoms with van der Waals surface area (Å²) in [7, 11) is 0. The van der Waals surface area contributed by atoms with E-state index in [-0.39, 0.29) is 24.8 Å². The van der Waals surface area contributed by atoms with Crippen molar-refractivity contribution in [1.29, 1.82) is 0 Å². The Morgan fingerprint density at radius 1 is 1.17 bits per heavy atom. The highest BCUT2D eigenvalue weighted by Crippen LogP contribution is 2.33. The van der Waals surface area contributed by atoms with Gasteiger partial charge in [-0.05, 0) is 24.1 Å². The summed E-state index contributed by atoms with van der Waals surface area (Å²) in [5, 5.41) is 9.74. The zero-order valence-corrected chi connectivity index (χ0v) is 17.4. The van der Waals surface area contributed by atoms with Crippen LogP contribution in [0, 0.1) is 5.92 Å². The van der Waals surface area contributed by atoms with Gasteiger partial charge in [-0.2, -0.15) is 0 Å². The normalized spacial score (nSPS) is 16.4. The minimum absolute atomic E-state index is 0.0679. The molecule has 5 nitrogen and oxygen atoms in total. The Labute approximate surface area is 176 Å². The lowest BCUT2D eigenvalue weighted by Gasteiger charge is -2.27. The second kappa shape index (κ2) is 9.23. The predicted molar refractivity (Wildman–Crippen MR) is 116 cm³/mol. The molecule has 2 aromatic rings. The van der Waals surface area contributed by atoms with Crippen molar-refractivity contribution >= 4 is 34.9 Å². The molecule has 3 rings (SSSR count). The van der Waals surface area contributed by atoms with E-state index in [4.69, 9.17) is 16.6 Å². The molecular weight excluding hydrogens is 388 g/mol. The first kappa shape index (κ1) is 21.1. The molecule has 0 spiro atoms. The Kier molecular flexibility index (Phi) is 6.70. The van der Waals surface area contributed by atoms with Gasteiger partial charge in [-0.15, -0.1) is 0 Å². The van der Waals surface area contributed by atoms with E-state index in [1.165, 1.54) is 0 Å². The number of fused-ring (bicyclic) bond motifs is 1. The number of amides is 1. The van der Waals surface area contributed by atoms with Gasteiger partial charge in [0.2, 0.25) is 0 Å². The summed E-state index contributed by atoms with van der Waals surface area (Å²) in [5.74, 6) is -1.03. The van der Waals surface area contributed by atoms with Crippen LogP contribution in [0.5, 0.6) is 0 Å². The second-order valence-corrected chi connectivity index (χ2v) is 7.60. The van der Waals surface area contributed by atoms with Crippen LogP contribution in [0.2, 0.25) is 5.02 Å². The minimum atomic E-state index is -0.944. The van der Waals surface area contributed by atoms with Gasteiger partial charge >= 0.3 is 5.97 Å². The van der Waals surface area contributed by atoms with Crippen molar-refractivity contribution in [2.24, 2.45) is 10.9 Å². The first-order valence-electron chi connectivity index (χ1n) is 9.92. The van der Waals surface area contributed by atoms with Crippen LogP contribution >= 0.6 is 11.6 Å². The van der Waals surface area contributed by atoms with E-state index in [0.717, 1.165) is 24.0 Å². The monoisotopic (exact) mass is 412 g/mol. The second-order valence-electron chi connectivity index (χ2n) is 7.16. The highest BCUT2D eigenvalue weighted by Gasteiger charge is 2.35. The lowest BCUT2D eigenvalue weighted by molar-refractivity contribution is -0.136. The van der Waals surface area contributed by atoms with Crippen molar-refractivity contribution in [3.05, 3.63) is 64.7 Å². The summed E-state index contributed by atoms with van der Waals surface area (Å²) in [4.78, 5) is 31.3. The van der Waals surface area contributed by atoms with Gasteiger partial charge in [0.05, 0.1) is 17.8 Å². The van der Waals surface area contributed by atoms with Gasteiger partial charge in [-0.3, -0.25) is 14.6 Å². The molecule has 0 bridgehead atoms. The number of hydrogen-bond acceptors (Lipinski definition) is 3. The number of nitrogens with zero attached hydrogens (tertiary/aromatic N) is 2. The van der Waals surface area contributed by atoms with Gasteiger partial charge in [0.25, 0.3) is 5.91 Å². The van der Waals surface area contributed by atoms with Gasteiger partial charge in [0.1, 0.15) is 6.04 Å². The molecule has 152 valence electrons. The van der Waals surface area contributed by atoms with Crippen LogP contribution in [-0.4, -0.2) is 35.3 Å². The highest BCUT2D eigenvalue weighted by atomic mass is 35.5. The molecule has 0 saturated heterocycles. The molecule has 2 aromatic carbocycles. The number of hydrogen-bond donors (Lipinski definition) is 1. The Hall–Kier alpha value is -2.66. The molecule has 1 atom stereocenters. The zero-order valence-electron chi connectivity index (χ0n) is 16.6. The number of aliphatic carboxylic acids is 1. The molecule has 1 aliphatic rings. The minimum Gasteiger partial charge on any atom is -0.481 e. The van der Waals surface area contributed by atoms with Crippen molar-refractivity contribution in [2.75, 3.05) is 11.4 Å². The third kappa shape index (κ3) is 4.51. The topological polar surface area (TPSA) is 70.0 Å². The zero-order chi connectivity index (χ0) is 21.0. The van der Waals surface area contributed by atoms with Crippen molar-refractivity contribution in [3.63, 3.8) is 0 Å². The van der Waals surface area contributed by atoms with E-state index < -0.39 is 12.0 Å². The van der Waals surface area contributed by atoms with Gasteiger partial charge in [0, 0.05) is 22.7 Å². The van der Waals surface area contributed by atoms with Crippen LogP contribution in [0.4, 0.5) is 5.69 Å². The highest BCUT2D eigenvalue weighted by molar-refractivity contribution is 6.32. The first-order chi connectivity index (χ1) is 14.0. The van der Waals surface area contributed by atoms with Crippen LogP contribution in [0.1, 0.15) is 44.2 Å². The van der Waals surface area contributed by atoms with E-state index >= 15 is 0 Å².